The summed E-state index contributed by atoms with van der Waals surface area (Å²) in [5.74, 6) is 0. The largest absolute Gasteiger partial charge is 0.366 e. The van der Waals surface area contributed by atoms with Crippen LogP contribution in [0.3, 0.4) is 0 Å². The van der Waals surface area contributed by atoms with Crippen molar-refractivity contribution in [3.05, 3.63) is 64.7 Å². The maximum absolute atomic E-state index is 9.27. The Kier molecular flexibility index (Phi) is 3.86. The Balaban J connectivity index is 2.26. The highest BCUT2D eigenvalue weighted by Crippen LogP contribution is 2.23. The van der Waals surface area contributed by atoms with Crippen molar-refractivity contribution in [3.63, 3.8) is 0 Å². The first kappa shape index (κ1) is 12.5. The van der Waals surface area contributed by atoms with Crippen LogP contribution in [0.25, 0.3) is 0 Å². The van der Waals surface area contributed by atoms with Gasteiger partial charge in [-0.3, -0.25) is 0 Å². The molecule has 3 heteroatoms. The number of benzene rings is 2. The molecule has 1 N–H and O–H groups in total. The molecule has 0 heterocycles. The van der Waals surface area contributed by atoms with Crippen molar-refractivity contribution in [2.45, 2.75) is 13.0 Å². The Hall–Kier alpha value is -1.98. The molecule has 0 amide bonds. The van der Waals surface area contributed by atoms with E-state index in [-0.39, 0.29) is 0 Å². The van der Waals surface area contributed by atoms with Crippen LogP contribution in [0.2, 0.25) is 5.02 Å². The number of para-hydroxylation sites is 1. The van der Waals surface area contributed by atoms with Crippen LogP contribution in [0.15, 0.2) is 48.5 Å². The Morgan fingerprint density at radius 1 is 1.17 bits per heavy atom. The molecule has 0 spiro atoms. The fourth-order valence-electron chi connectivity index (χ4n) is 1.77. The van der Waals surface area contributed by atoms with Crippen molar-refractivity contribution < 1.29 is 0 Å². The summed E-state index contributed by atoms with van der Waals surface area (Å²) >= 11 is 5.94. The van der Waals surface area contributed by atoms with Gasteiger partial charge in [0.25, 0.3) is 0 Å². The topological polar surface area (TPSA) is 35.8 Å². The summed E-state index contributed by atoms with van der Waals surface area (Å²) in [4.78, 5) is 0. The number of nitriles is 1. The number of aryl methyl sites for hydroxylation is 1. The van der Waals surface area contributed by atoms with E-state index in [2.05, 4.69) is 11.4 Å². The van der Waals surface area contributed by atoms with Gasteiger partial charge in [-0.15, -0.1) is 0 Å². The van der Waals surface area contributed by atoms with E-state index in [1.165, 1.54) is 0 Å². The SMILES string of the molecule is Cc1ccccc1NC(C#N)c1cccc(Cl)c1. The molecule has 0 saturated carbocycles. The standard InChI is InChI=1S/C15H13ClN2/c1-11-5-2-3-8-14(11)18-15(10-17)12-6-4-7-13(16)9-12/h2-9,15,18H,1H3. The highest BCUT2D eigenvalue weighted by Gasteiger charge is 2.11. The quantitative estimate of drug-likeness (QED) is 0.887. The van der Waals surface area contributed by atoms with Gasteiger partial charge in [-0.05, 0) is 36.2 Å². The molecule has 0 aliphatic carbocycles. The smallest absolute Gasteiger partial charge is 0.140 e. The molecule has 18 heavy (non-hydrogen) atoms. The monoisotopic (exact) mass is 256 g/mol. The van der Waals surface area contributed by atoms with Gasteiger partial charge in [-0.25, -0.2) is 0 Å². The third kappa shape index (κ3) is 2.82. The van der Waals surface area contributed by atoms with Crippen molar-refractivity contribution >= 4 is 17.3 Å². The Morgan fingerprint density at radius 2 is 1.94 bits per heavy atom. The summed E-state index contributed by atoms with van der Waals surface area (Å²) in [5.41, 5.74) is 2.94. The molecular formula is C15H13ClN2. The first-order valence-corrected chi connectivity index (χ1v) is 6.06. The lowest BCUT2D eigenvalue weighted by Gasteiger charge is -2.15. The summed E-state index contributed by atoms with van der Waals surface area (Å²) < 4.78 is 0. The lowest BCUT2D eigenvalue weighted by molar-refractivity contribution is 0.994. The van der Waals surface area contributed by atoms with Gasteiger partial charge in [0.15, 0.2) is 0 Å². The minimum absolute atomic E-state index is 0.398. The number of rotatable bonds is 3. The van der Waals surface area contributed by atoms with E-state index < -0.39 is 6.04 Å². The number of nitrogens with one attached hydrogen (secondary N) is 1. The zero-order chi connectivity index (χ0) is 13.0. The molecule has 0 aliphatic rings. The summed E-state index contributed by atoms with van der Waals surface area (Å²) in [5, 5.41) is 13.1. The highest BCUT2D eigenvalue weighted by atomic mass is 35.5. The number of nitrogens with zero attached hydrogens (tertiary/aromatic N) is 1. The van der Waals surface area contributed by atoms with Gasteiger partial charge >= 0.3 is 0 Å². The zero-order valence-corrected chi connectivity index (χ0v) is 10.8. The van der Waals surface area contributed by atoms with Gasteiger partial charge < -0.3 is 5.32 Å². The van der Waals surface area contributed by atoms with Crippen LogP contribution < -0.4 is 5.32 Å². The van der Waals surface area contributed by atoms with Crippen molar-refractivity contribution in [2.75, 3.05) is 5.32 Å². The van der Waals surface area contributed by atoms with Crippen molar-refractivity contribution in [3.8, 4) is 6.07 Å². The Bertz CT molecular complexity index is 587. The number of hydrogen-bond acceptors (Lipinski definition) is 2. The van der Waals surface area contributed by atoms with Gasteiger partial charge in [0, 0.05) is 10.7 Å². The van der Waals surface area contributed by atoms with Crippen LogP contribution in [-0.4, -0.2) is 0 Å². The maximum atomic E-state index is 9.27. The molecule has 2 rings (SSSR count). The molecule has 2 nitrogen and oxygen atoms in total. The van der Waals surface area contributed by atoms with Crippen LogP contribution in [0, 0.1) is 18.3 Å². The first-order valence-electron chi connectivity index (χ1n) is 5.68. The van der Waals surface area contributed by atoms with Gasteiger partial charge in [-0.2, -0.15) is 5.26 Å². The number of halogens is 1. The number of hydrogen-bond donors (Lipinski definition) is 1. The van der Waals surface area contributed by atoms with Crippen LogP contribution in [0.1, 0.15) is 17.2 Å². The molecule has 0 saturated heterocycles. The predicted molar refractivity (Wildman–Crippen MR) is 74.6 cm³/mol. The molecule has 90 valence electrons. The highest BCUT2D eigenvalue weighted by molar-refractivity contribution is 6.30. The fourth-order valence-corrected chi connectivity index (χ4v) is 1.97. The minimum Gasteiger partial charge on any atom is -0.366 e. The van der Waals surface area contributed by atoms with E-state index in [1.807, 2.05) is 43.3 Å². The minimum atomic E-state index is -0.398. The van der Waals surface area contributed by atoms with Crippen LogP contribution in [-0.2, 0) is 0 Å². The maximum Gasteiger partial charge on any atom is 0.140 e. The van der Waals surface area contributed by atoms with Gasteiger partial charge in [0.1, 0.15) is 6.04 Å². The van der Waals surface area contributed by atoms with Crippen molar-refractivity contribution in [1.82, 2.24) is 0 Å². The lowest BCUT2D eigenvalue weighted by atomic mass is 10.1. The second kappa shape index (κ2) is 5.57. The average molecular weight is 257 g/mol. The molecule has 0 bridgehead atoms. The van der Waals surface area contributed by atoms with Gasteiger partial charge in [0.2, 0.25) is 0 Å². The third-order valence-electron chi connectivity index (χ3n) is 2.76. The molecule has 0 radical (unpaired) electrons. The summed E-state index contributed by atoms with van der Waals surface area (Å²) in [6.45, 7) is 2.01. The van der Waals surface area contributed by atoms with E-state index in [4.69, 9.17) is 11.6 Å². The van der Waals surface area contributed by atoms with Crippen molar-refractivity contribution in [2.24, 2.45) is 0 Å². The second-order valence-electron chi connectivity index (χ2n) is 4.08. The van der Waals surface area contributed by atoms with Crippen molar-refractivity contribution in [1.29, 1.82) is 5.26 Å². The second-order valence-corrected chi connectivity index (χ2v) is 4.51. The first-order chi connectivity index (χ1) is 8.70. The van der Waals surface area contributed by atoms with E-state index in [9.17, 15) is 5.26 Å². The van der Waals surface area contributed by atoms with E-state index in [1.54, 1.807) is 12.1 Å². The molecule has 2 aromatic rings. The Labute approximate surface area is 112 Å². The molecule has 0 fully saturated rings. The zero-order valence-electron chi connectivity index (χ0n) is 10.0. The van der Waals surface area contributed by atoms with E-state index >= 15 is 0 Å². The molecule has 1 atom stereocenters. The Morgan fingerprint density at radius 3 is 2.61 bits per heavy atom. The van der Waals surface area contributed by atoms with Gasteiger partial charge in [-0.1, -0.05) is 41.9 Å². The average Bonchev–Trinajstić information content (AvgIpc) is 2.38. The molecule has 0 aromatic heterocycles. The normalized spacial score (nSPS) is 11.6. The molecular weight excluding hydrogens is 244 g/mol. The number of anilines is 1. The fraction of sp³-hybridized carbons (Fsp3) is 0.133. The molecule has 0 aliphatic heterocycles. The predicted octanol–water partition coefficient (Wildman–Crippen LogP) is 4.33. The summed E-state index contributed by atoms with van der Waals surface area (Å²) in [6.07, 6.45) is 0. The van der Waals surface area contributed by atoms with Gasteiger partial charge in [0.05, 0.1) is 6.07 Å². The van der Waals surface area contributed by atoms with Crippen LogP contribution in [0.5, 0.6) is 0 Å². The summed E-state index contributed by atoms with van der Waals surface area (Å²) in [7, 11) is 0. The van der Waals surface area contributed by atoms with E-state index in [0.717, 1.165) is 16.8 Å². The molecule has 2 aromatic carbocycles. The van der Waals surface area contributed by atoms with Crippen LogP contribution >= 0.6 is 11.6 Å². The third-order valence-corrected chi connectivity index (χ3v) is 2.99. The molecule has 1 unspecified atom stereocenters. The summed E-state index contributed by atoms with van der Waals surface area (Å²) in [6, 6.07) is 17.1. The van der Waals surface area contributed by atoms with E-state index in [0.29, 0.717) is 5.02 Å². The lowest BCUT2D eigenvalue weighted by Crippen LogP contribution is -2.09. The van der Waals surface area contributed by atoms with Crippen LogP contribution in [0.4, 0.5) is 5.69 Å².